The Kier molecular flexibility index (Phi) is 2.07. The molecule has 2 rings (SSSR count). The van der Waals surface area contributed by atoms with E-state index in [1.165, 1.54) is 0 Å². The summed E-state index contributed by atoms with van der Waals surface area (Å²) in [6.07, 6.45) is 3.64. The molecule has 0 aromatic carbocycles. The number of nitrogens with two attached hydrogens (primary N) is 1. The molecule has 0 unspecified atom stereocenters. The van der Waals surface area contributed by atoms with E-state index >= 15 is 0 Å². The molecule has 0 spiro atoms. The minimum absolute atomic E-state index is 0.223. The van der Waals surface area contributed by atoms with Crippen molar-refractivity contribution in [3.8, 4) is 11.5 Å². The van der Waals surface area contributed by atoms with Crippen LogP contribution < -0.4 is 15.2 Å². The molecule has 4 heteroatoms. The predicted octanol–water partition coefficient (Wildman–Crippen LogP) is 1.05. The number of ether oxygens (including phenoxy) is 2. The average Bonchev–Trinajstić information content (AvgIpc) is 2.97. The molecule has 1 heterocycles. The molecular weight excluding hydrogens is 180 g/mol. The van der Waals surface area contributed by atoms with Crippen LogP contribution in [0.5, 0.6) is 11.5 Å². The number of rotatable bonds is 3. The molecule has 1 aliphatic rings. The van der Waals surface area contributed by atoms with Gasteiger partial charge in [0.2, 0.25) is 0 Å². The lowest BCUT2D eigenvalue weighted by Gasteiger charge is -2.12. The highest BCUT2D eigenvalue weighted by Crippen LogP contribution is 2.43. The van der Waals surface area contributed by atoms with Crippen molar-refractivity contribution < 1.29 is 9.47 Å². The van der Waals surface area contributed by atoms with Crippen LogP contribution in [0.15, 0.2) is 12.3 Å². The minimum Gasteiger partial charge on any atom is -0.493 e. The van der Waals surface area contributed by atoms with Gasteiger partial charge in [0.25, 0.3) is 0 Å². The maximum absolute atomic E-state index is 6.02. The van der Waals surface area contributed by atoms with Crippen LogP contribution in [0.2, 0.25) is 0 Å². The van der Waals surface area contributed by atoms with Crippen LogP contribution in [0.25, 0.3) is 0 Å². The van der Waals surface area contributed by atoms with Crippen LogP contribution in [0, 0.1) is 0 Å². The molecule has 0 saturated heterocycles. The summed E-state index contributed by atoms with van der Waals surface area (Å²) in [5.41, 5.74) is 6.69. The van der Waals surface area contributed by atoms with Gasteiger partial charge in [0.05, 0.1) is 31.6 Å². The van der Waals surface area contributed by atoms with Crippen LogP contribution in [0.4, 0.5) is 0 Å². The van der Waals surface area contributed by atoms with Crippen LogP contribution in [0.3, 0.4) is 0 Å². The monoisotopic (exact) mass is 194 g/mol. The van der Waals surface area contributed by atoms with Gasteiger partial charge in [-0.15, -0.1) is 0 Å². The predicted molar refractivity (Wildman–Crippen MR) is 52.4 cm³/mol. The van der Waals surface area contributed by atoms with Gasteiger partial charge in [-0.05, 0) is 12.8 Å². The molecule has 14 heavy (non-hydrogen) atoms. The molecule has 0 amide bonds. The fraction of sp³-hybridized carbons (Fsp3) is 0.500. The van der Waals surface area contributed by atoms with E-state index in [1.54, 1.807) is 20.4 Å². The second-order valence-corrected chi connectivity index (χ2v) is 3.58. The number of aromatic nitrogens is 1. The third-order valence-corrected chi connectivity index (χ3v) is 2.57. The Labute approximate surface area is 83.0 Å². The molecule has 2 N–H and O–H groups in total. The lowest BCUT2D eigenvalue weighted by atomic mass is 10.1. The normalized spacial score (nSPS) is 17.6. The van der Waals surface area contributed by atoms with Crippen molar-refractivity contribution in [1.29, 1.82) is 0 Å². The summed E-state index contributed by atoms with van der Waals surface area (Å²) in [5.74, 6) is 1.33. The first-order valence-corrected chi connectivity index (χ1v) is 4.57. The van der Waals surface area contributed by atoms with Gasteiger partial charge in [0.15, 0.2) is 11.5 Å². The highest BCUT2D eigenvalue weighted by molar-refractivity contribution is 5.41. The van der Waals surface area contributed by atoms with Gasteiger partial charge < -0.3 is 15.2 Å². The van der Waals surface area contributed by atoms with Crippen molar-refractivity contribution in [3.05, 3.63) is 18.0 Å². The standard InChI is InChI=1S/C10H14N2O2/c1-13-7-5-9(10(11)3-4-10)12-6-8(7)14-2/h5-6H,3-4,11H2,1-2H3. The largest absolute Gasteiger partial charge is 0.493 e. The molecule has 0 radical (unpaired) electrons. The fourth-order valence-electron chi connectivity index (χ4n) is 1.40. The fourth-order valence-corrected chi connectivity index (χ4v) is 1.40. The van der Waals surface area contributed by atoms with E-state index in [9.17, 15) is 0 Å². The Hall–Kier alpha value is -1.29. The maximum Gasteiger partial charge on any atom is 0.179 e. The number of methoxy groups -OCH3 is 2. The van der Waals surface area contributed by atoms with E-state index in [-0.39, 0.29) is 5.54 Å². The third-order valence-electron chi connectivity index (χ3n) is 2.57. The number of hydrogen-bond acceptors (Lipinski definition) is 4. The van der Waals surface area contributed by atoms with Crippen LogP contribution in [0.1, 0.15) is 18.5 Å². The smallest absolute Gasteiger partial charge is 0.179 e. The molecule has 1 aliphatic carbocycles. The summed E-state index contributed by atoms with van der Waals surface area (Å²) in [7, 11) is 3.20. The SMILES string of the molecule is COc1cnc(C2(N)CC2)cc1OC. The van der Waals surface area contributed by atoms with Crippen molar-refractivity contribution >= 4 is 0 Å². The van der Waals surface area contributed by atoms with Gasteiger partial charge >= 0.3 is 0 Å². The Morgan fingerprint density at radius 1 is 1.29 bits per heavy atom. The summed E-state index contributed by atoms with van der Waals surface area (Å²) in [6, 6.07) is 1.85. The first kappa shape index (κ1) is 9.27. The summed E-state index contributed by atoms with van der Waals surface area (Å²) >= 11 is 0. The molecule has 0 bridgehead atoms. The van der Waals surface area contributed by atoms with Crippen LogP contribution in [-0.4, -0.2) is 19.2 Å². The molecule has 76 valence electrons. The molecule has 1 aromatic rings. The topological polar surface area (TPSA) is 57.4 Å². The van der Waals surface area contributed by atoms with Crippen LogP contribution >= 0.6 is 0 Å². The van der Waals surface area contributed by atoms with E-state index in [0.29, 0.717) is 11.5 Å². The summed E-state index contributed by atoms with van der Waals surface area (Å²) < 4.78 is 10.3. The molecule has 1 saturated carbocycles. The second-order valence-electron chi connectivity index (χ2n) is 3.58. The third kappa shape index (κ3) is 1.42. The van der Waals surface area contributed by atoms with E-state index in [2.05, 4.69) is 4.98 Å². The van der Waals surface area contributed by atoms with Gasteiger partial charge in [-0.25, -0.2) is 0 Å². The van der Waals surface area contributed by atoms with Gasteiger partial charge in [0.1, 0.15) is 0 Å². The summed E-state index contributed by atoms with van der Waals surface area (Å²) in [4.78, 5) is 4.26. The van der Waals surface area contributed by atoms with E-state index in [0.717, 1.165) is 18.5 Å². The molecule has 1 fully saturated rings. The van der Waals surface area contributed by atoms with E-state index < -0.39 is 0 Å². The van der Waals surface area contributed by atoms with Crippen molar-refractivity contribution in [1.82, 2.24) is 4.98 Å². The Bertz CT molecular complexity index is 348. The molecule has 4 nitrogen and oxygen atoms in total. The van der Waals surface area contributed by atoms with E-state index in [1.807, 2.05) is 6.07 Å². The van der Waals surface area contributed by atoms with Crippen molar-refractivity contribution in [2.24, 2.45) is 5.73 Å². The Morgan fingerprint density at radius 3 is 2.43 bits per heavy atom. The lowest BCUT2D eigenvalue weighted by Crippen LogP contribution is -2.20. The lowest BCUT2D eigenvalue weighted by molar-refractivity contribution is 0.352. The van der Waals surface area contributed by atoms with Crippen molar-refractivity contribution in [3.63, 3.8) is 0 Å². The average molecular weight is 194 g/mol. The summed E-state index contributed by atoms with van der Waals surface area (Å²) in [6.45, 7) is 0. The number of pyridine rings is 1. The highest BCUT2D eigenvalue weighted by Gasteiger charge is 2.41. The van der Waals surface area contributed by atoms with E-state index in [4.69, 9.17) is 15.2 Å². The number of nitrogens with zero attached hydrogens (tertiary/aromatic N) is 1. The molecule has 0 atom stereocenters. The zero-order valence-corrected chi connectivity index (χ0v) is 8.41. The second kappa shape index (κ2) is 3.13. The number of hydrogen-bond donors (Lipinski definition) is 1. The van der Waals surface area contributed by atoms with Gasteiger partial charge in [-0.3, -0.25) is 4.98 Å². The van der Waals surface area contributed by atoms with Crippen molar-refractivity contribution in [2.45, 2.75) is 18.4 Å². The highest BCUT2D eigenvalue weighted by atomic mass is 16.5. The zero-order valence-electron chi connectivity index (χ0n) is 8.41. The first-order valence-electron chi connectivity index (χ1n) is 4.57. The Morgan fingerprint density at radius 2 is 1.93 bits per heavy atom. The maximum atomic E-state index is 6.02. The minimum atomic E-state index is -0.223. The summed E-state index contributed by atoms with van der Waals surface area (Å²) in [5, 5.41) is 0. The Balaban J connectivity index is 2.36. The van der Waals surface area contributed by atoms with Gasteiger partial charge in [-0.1, -0.05) is 0 Å². The molecule has 1 aromatic heterocycles. The van der Waals surface area contributed by atoms with Crippen LogP contribution in [-0.2, 0) is 5.54 Å². The molecule has 0 aliphatic heterocycles. The quantitative estimate of drug-likeness (QED) is 0.781. The molecular formula is C10H14N2O2. The van der Waals surface area contributed by atoms with Gasteiger partial charge in [0, 0.05) is 6.07 Å². The zero-order chi connectivity index (χ0) is 10.2. The van der Waals surface area contributed by atoms with Gasteiger partial charge in [-0.2, -0.15) is 0 Å². The van der Waals surface area contributed by atoms with Crippen molar-refractivity contribution in [2.75, 3.05) is 14.2 Å². The first-order chi connectivity index (χ1) is 6.69.